The van der Waals surface area contributed by atoms with Gasteiger partial charge in [-0.15, -0.1) is 10.2 Å². The maximum Gasteiger partial charge on any atom is 0.120 e. The summed E-state index contributed by atoms with van der Waals surface area (Å²) in [4.78, 5) is 0. The topological polar surface area (TPSA) is 49.6 Å². The first-order valence-electron chi connectivity index (χ1n) is 4.79. The van der Waals surface area contributed by atoms with Crippen LogP contribution in [0.5, 0.6) is 0 Å². The van der Waals surface area contributed by atoms with E-state index in [1.165, 1.54) is 11.8 Å². The van der Waals surface area contributed by atoms with Crippen LogP contribution in [-0.2, 0) is 0 Å². The van der Waals surface area contributed by atoms with E-state index in [-0.39, 0.29) is 0 Å². The van der Waals surface area contributed by atoms with Crippen molar-refractivity contribution in [1.82, 2.24) is 10.2 Å². The average Bonchev–Trinajstić information content (AvgIpc) is 2.38. The summed E-state index contributed by atoms with van der Waals surface area (Å²) in [5, 5.41) is 17.4. The fourth-order valence-electron chi connectivity index (χ4n) is 1.27. The first-order valence-corrected chi connectivity index (χ1v) is 5.77. The van der Waals surface area contributed by atoms with E-state index in [1.807, 2.05) is 42.5 Å². The summed E-state index contributed by atoms with van der Waals surface area (Å²) in [6.07, 6.45) is 0. The number of rotatable bonds is 3. The molecule has 4 heteroatoms. The molecule has 3 nitrogen and oxygen atoms in total. The molecule has 0 aliphatic heterocycles. The van der Waals surface area contributed by atoms with Gasteiger partial charge in [0.2, 0.25) is 0 Å². The Morgan fingerprint density at radius 2 is 1.88 bits per heavy atom. The number of nitrogens with zero attached hydrogens (tertiary/aromatic N) is 3. The van der Waals surface area contributed by atoms with Gasteiger partial charge in [-0.3, -0.25) is 0 Å². The van der Waals surface area contributed by atoms with Gasteiger partial charge in [0.1, 0.15) is 5.03 Å². The highest BCUT2D eigenvalue weighted by atomic mass is 32.2. The molecule has 1 aromatic heterocycles. The standard InChI is InChI=1S/C12H9N3S/c13-8-9-16-12-7-6-11(14-15-12)10-4-2-1-3-5-10/h1-7H,9H2. The van der Waals surface area contributed by atoms with Gasteiger partial charge in [0, 0.05) is 5.56 Å². The monoisotopic (exact) mass is 227 g/mol. The lowest BCUT2D eigenvalue weighted by Crippen LogP contribution is -1.89. The van der Waals surface area contributed by atoms with Gasteiger partial charge in [0.15, 0.2) is 0 Å². The van der Waals surface area contributed by atoms with E-state index >= 15 is 0 Å². The van der Waals surface area contributed by atoms with Crippen LogP contribution >= 0.6 is 11.8 Å². The minimum Gasteiger partial charge on any atom is -0.197 e. The zero-order valence-electron chi connectivity index (χ0n) is 8.50. The molecule has 0 spiro atoms. The van der Waals surface area contributed by atoms with Crippen LogP contribution in [0, 0.1) is 11.3 Å². The summed E-state index contributed by atoms with van der Waals surface area (Å²) in [6, 6.07) is 15.7. The summed E-state index contributed by atoms with van der Waals surface area (Å²) in [7, 11) is 0. The number of nitriles is 1. The fourth-order valence-corrected chi connectivity index (χ4v) is 1.74. The Labute approximate surface area is 98.1 Å². The fraction of sp³-hybridized carbons (Fsp3) is 0.0833. The molecular formula is C12H9N3S. The van der Waals surface area contributed by atoms with E-state index in [4.69, 9.17) is 5.26 Å². The van der Waals surface area contributed by atoms with Gasteiger partial charge < -0.3 is 0 Å². The van der Waals surface area contributed by atoms with Crippen molar-refractivity contribution >= 4 is 11.8 Å². The first-order chi connectivity index (χ1) is 7.90. The van der Waals surface area contributed by atoms with Crippen LogP contribution < -0.4 is 0 Å². The minimum absolute atomic E-state index is 0.402. The van der Waals surface area contributed by atoms with E-state index in [1.54, 1.807) is 0 Å². The Hall–Kier alpha value is -1.86. The molecule has 0 bridgehead atoms. The van der Waals surface area contributed by atoms with Gasteiger partial charge >= 0.3 is 0 Å². The van der Waals surface area contributed by atoms with Crippen LogP contribution in [0.3, 0.4) is 0 Å². The number of benzene rings is 1. The Morgan fingerprint density at radius 3 is 2.50 bits per heavy atom. The van der Waals surface area contributed by atoms with Crippen molar-refractivity contribution in [1.29, 1.82) is 5.26 Å². The van der Waals surface area contributed by atoms with Gasteiger partial charge in [-0.2, -0.15) is 5.26 Å². The molecule has 0 N–H and O–H groups in total. The van der Waals surface area contributed by atoms with E-state index in [9.17, 15) is 0 Å². The Bertz CT molecular complexity index is 488. The number of hydrogen-bond donors (Lipinski definition) is 0. The first kappa shape index (κ1) is 10.7. The Kier molecular flexibility index (Phi) is 3.52. The largest absolute Gasteiger partial charge is 0.197 e. The van der Waals surface area contributed by atoms with Crippen molar-refractivity contribution < 1.29 is 0 Å². The van der Waals surface area contributed by atoms with Crippen molar-refractivity contribution in [3.63, 3.8) is 0 Å². The van der Waals surface area contributed by atoms with Crippen molar-refractivity contribution in [3.05, 3.63) is 42.5 Å². The van der Waals surface area contributed by atoms with Crippen molar-refractivity contribution in [2.45, 2.75) is 5.03 Å². The maximum atomic E-state index is 8.44. The van der Waals surface area contributed by atoms with Crippen LogP contribution in [-0.4, -0.2) is 16.0 Å². The molecule has 0 saturated carbocycles. The van der Waals surface area contributed by atoms with Gasteiger partial charge in [0.25, 0.3) is 0 Å². The quantitative estimate of drug-likeness (QED) is 0.756. The highest BCUT2D eigenvalue weighted by Gasteiger charge is 2.00. The highest BCUT2D eigenvalue weighted by Crippen LogP contribution is 2.18. The van der Waals surface area contributed by atoms with Gasteiger partial charge in [-0.1, -0.05) is 42.1 Å². The van der Waals surface area contributed by atoms with Gasteiger partial charge in [-0.05, 0) is 12.1 Å². The van der Waals surface area contributed by atoms with E-state index < -0.39 is 0 Å². The second kappa shape index (κ2) is 5.29. The van der Waals surface area contributed by atoms with Crippen molar-refractivity contribution in [2.24, 2.45) is 0 Å². The molecule has 78 valence electrons. The molecule has 0 aliphatic carbocycles. The SMILES string of the molecule is N#CCSc1ccc(-c2ccccc2)nn1. The lowest BCUT2D eigenvalue weighted by molar-refractivity contribution is 0.937. The summed E-state index contributed by atoms with van der Waals surface area (Å²) >= 11 is 1.39. The van der Waals surface area contributed by atoms with E-state index in [0.29, 0.717) is 5.75 Å². The van der Waals surface area contributed by atoms with E-state index in [2.05, 4.69) is 16.3 Å². The van der Waals surface area contributed by atoms with Crippen LogP contribution in [0.1, 0.15) is 0 Å². The Morgan fingerprint density at radius 1 is 1.06 bits per heavy atom. The molecular weight excluding hydrogens is 218 g/mol. The number of thioether (sulfide) groups is 1. The zero-order valence-corrected chi connectivity index (χ0v) is 9.31. The third-order valence-corrected chi connectivity index (χ3v) is 2.78. The molecule has 0 atom stereocenters. The molecule has 2 aromatic rings. The van der Waals surface area contributed by atoms with Crippen LogP contribution in [0.25, 0.3) is 11.3 Å². The van der Waals surface area contributed by atoms with E-state index in [0.717, 1.165) is 16.3 Å². The second-order valence-corrected chi connectivity index (χ2v) is 4.07. The second-order valence-electron chi connectivity index (χ2n) is 3.07. The molecule has 0 fully saturated rings. The van der Waals surface area contributed by atoms with Crippen molar-refractivity contribution in [2.75, 3.05) is 5.75 Å². The van der Waals surface area contributed by atoms with Crippen LogP contribution in [0.4, 0.5) is 0 Å². The summed E-state index contributed by atoms with van der Waals surface area (Å²) < 4.78 is 0. The van der Waals surface area contributed by atoms with Crippen LogP contribution in [0.2, 0.25) is 0 Å². The third kappa shape index (κ3) is 2.59. The zero-order chi connectivity index (χ0) is 11.2. The minimum atomic E-state index is 0.402. The number of hydrogen-bond acceptors (Lipinski definition) is 4. The summed E-state index contributed by atoms with van der Waals surface area (Å²) in [5.74, 6) is 0.402. The Balaban J connectivity index is 2.17. The smallest absolute Gasteiger partial charge is 0.120 e. The van der Waals surface area contributed by atoms with Gasteiger partial charge in [-0.25, -0.2) is 0 Å². The maximum absolute atomic E-state index is 8.44. The van der Waals surface area contributed by atoms with Gasteiger partial charge in [0.05, 0.1) is 17.5 Å². The molecule has 0 unspecified atom stereocenters. The highest BCUT2D eigenvalue weighted by molar-refractivity contribution is 7.99. The number of aromatic nitrogens is 2. The normalized spacial score (nSPS) is 9.69. The summed E-state index contributed by atoms with van der Waals surface area (Å²) in [6.45, 7) is 0. The molecule has 1 aromatic carbocycles. The molecule has 1 heterocycles. The molecule has 0 radical (unpaired) electrons. The predicted molar refractivity (Wildman–Crippen MR) is 63.8 cm³/mol. The molecule has 0 saturated heterocycles. The molecule has 2 rings (SSSR count). The summed E-state index contributed by atoms with van der Waals surface area (Å²) in [5.41, 5.74) is 1.90. The third-order valence-electron chi connectivity index (χ3n) is 1.99. The molecule has 0 aliphatic rings. The predicted octanol–water partition coefficient (Wildman–Crippen LogP) is 2.76. The lowest BCUT2D eigenvalue weighted by Gasteiger charge is -2.00. The van der Waals surface area contributed by atoms with Crippen molar-refractivity contribution in [3.8, 4) is 17.3 Å². The lowest BCUT2D eigenvalue weighted by atomic mass is 10.1. The average molecular weight is 227 g/mol. The van der Waals surface area contributed by atoms with Crippen LogP contribution in [0.15, 0.2) is 47.5 Å². The molecule has 0 amide bonds. The molecule has 16 heavy (non-hydrogen) atoms.